The predicted molar refractivity (Wildman–Crippen MR) is 80.2 cm³/mol. The average Bonchev–Trinajstić information content (AvgIpc) is 2.88. The van der Waals surface area contributed by atoms with E-state index in [0.717, 1.165) is 21.1 Å². The van der Waals surface area contributed by atoms with Gasteiger partial charge >= 0.3 is 6.18 Å². The predicted octanol–water partition coefficient (Wildman–Crippen LogP) is 3.73. The summed E-state index contributed by atoms with van der Waals surface area (Å²) in [4.78, 5) is 6.24. The second-order valence-electron chi connectivity index (χ2n) is 4.63. The number of anilines is 2. The summed E-state index contributed by atoms with van der Waals surface area (Å²) in [5.74, 6) is 0.0620. The molecule has 0 amide bonds. The molecule has 0 radical (unpaired) electrons. The minimum Gasteiger partial charge on any atom is -0.455 e. The molecular weight excluding hydrogens is 398 g/mol. The number of alkyl halides is 3. The third kappa shape index (κ3) is 3.09. The Morgan fingerprint density at radius 2 is 2.19 bits per heavy atom. The van der Waals surface area contributed by atoms with Crippen LogP contribution in [0.4, 0.5) is 24.7 Å². The molecule has 0 saturated heterocycles. The number of rotatable bonds is 2. The van der Waals surface area contributed by atoms with Crippen molar-refractivity contribution in [3.05, 3.63) is 39.5 Å². The molecule has 1 N–H and O–H groups in total. The first kappa shape index (κ1) is 14.5. The van der Waals surface area contributed by atoms with Crippen LogP contribution in [0.25, 0.3) is 0 Å². The second-order valence-corrected chi connectivity index (χ2v) is 5.88. The van der Waals surface area contributed by atoms with Gasteiger partial charge in [0.05, 0.1) is 12.2 Å². The van der Waals surface area contributed by atoms with Gasteiger partial charge in [-0.25, -0.2) is 4.98 Å². The SMILES string of the molecule is FC(F)(F)c1ccc(CN2CCNc3ncc(I)cc32)o1. The highest BCUT2D eigenvalue weighted by molar-refractivity contribution is 14.1. The number of halogens is 4. The quantitative estimate of drug-likeness (QED) is 0.768. The standard InChI is InChI=1S/C13H11F3IN3O/c14-13(15,16)11-2-1-9(21-11)7-20-4-3-18-12-10(20)5-8(17)6-19-12/h1-2,5-6H,3-4,7H2,(H,18,19). The lowest BCUT2D eigenvalue weighted by molar-refractivity contribution is -0.153. The Kier molecular flexibility index (Phi) is 3.72. The number of nitrogens with one attached hydrogen (secondary N) is 1. The van der Waals surface area contributed by atoms with E-state index in [4.69, 9.17) is 4.42 Å². The van der Waals surface area contributed by atoms with Crippen molar-refractivity contribution in [2.45, 2.75) is 12.7 Å². The third-order valence-electron chi connectivity index (χ3n) is 3.14. The highest BCUT2D eigenvalue weighted by Crippen LogP contribution is 2.33. The van der Waals surface area contributed by atoms with Crippen LogP contribution in [-0.2, 0) is 12.7 Å². The number of aromatic nitrogens is 1. The summed E-state index contributed by atoms with van der Waals surface area (Å²) in [6.45, 7) is 1.65. The summed E-state index contributed by atoms with van der Waals surface area (Å²) in [6, 6.07) is 4.28. The van der Waals surface area contributed by atoms with Crippen LogP contribution < -0.4 is 10.2 Å². The minimum atomic E-state index is -4.45. The van der Waals surface area contributed by atoms with Crippen molar-refractivity contribution in [2.24, 2.45) is 0 Å². The molecule has 21 heavy (non-hydrogen) atoms. The lowest BCUT2D eigenvalue weighted by Gasteiger charge is -2.30. The van der Waals surface area contributed by atoms with Gasteiger partial charge in [-0.3, -0.25) is 0 Å². The van der Waals surface area contributed by atoms with E-state index in [1.54, 1.807) is 6.20 Å². The van der Waals surface area contributed by atoms with Crippen molar-refractivity contribution < 1.29 is 17.6 Å². The third-order valence-corrected chi connectivity index (χ3v) is 3.73. The Labute approximate surface area is 132 Å². The maximum atomic E-state index is 12.5. The average molecular weight is 409 g/mol. The maximum Gasteiger partial charge on any atom is 0.449 e. The lowest BCUT2D eigenvalue weighted by atomic mass is 10.2. The van der Waals surface area contributed by atoms with Crippen LogP contribution in [0.3, 0.4) is 0 Å². The molecule has 112 valence electrons. The maximum absolute atomic E-state index is 12.5. The molecule has 2 aromatic heterocycles. The van der Waals surface area contributed by atoms with Gasteiger partial charge in [0.15, 0.2) is 0 Å². The summed E-state index contributed by atoms with van der Waals surface area (Å²) < 4.78 is 43.5. The molecule has 0 atom stereocenters. The van der Waals surface area contributed by atoms with Gasteiger partial charge < -0.3 is 14.6 Å². The van der Waals surface area contributed by atoms with Crippen LogP contribution >= 0.6 is 22.6 Å². The molecule has 0 spiro atoms. The van der Waals surface area contributed by atoms with Gasteiger partial charge in [-0.05, 0) is 40.8 Å². The highest BCUT2D eigenvalue weighted by atomic mass is 127. The molecular formula is C13H11F3IN3O. The molecule has 3 heterocycles. The van der Waals surface area contributed by atoms with E-state index in [2.05, 4.69) is 32.9 Å². The van der Waals surface area contributed by atoms with Gasteiger partial charge in [-0.2, -0.15) is 13.2 Å². The molecule has 1 aliphatic heterocycles. The van der Waals surface area contributed by atoms with Crippen molar-refractivity contribution in [1.82, 2.24) is 4.98 Å². The highest BCUT2D eigenvalue weighted by Gasteiger charge is 2.35. The Morgan fingerprint density at radius 3 is 2.90 bits per heavy atom. The van der Waals surface area contributed by atoms with Crippen LogP contribution in [-0.4, -0.2) is 18.1 Å². The van der Waals surface area contributed by atoms with Gasteiger partial charge in [-0.15, -0.1) is 0 Å². The zero-order valence-electron chi connectivity index (χ0n) is 10.7. The van der Waals surface area contributed by atoms with E-state index in [1.807, 2.05) is 11.0 Å². The molecule has 8 heteroatoms. The van der Waals surface area contributed by atoms with Gasteiger partial charge in [0.2, 0.25) is 5.76 Å². The van der Waals surface area contributed by atoms with E-state index in [1.165, 1.54) is 6.07 Å². The second kappa shape index (κ2) is 5.39. The molecule has 1 aliphatic rings. The van der Waals surface area contributed by atoms with Crippen LogP contribution in [0.2, 0.25) is 0 Å². The first-order chi connectivity index (χ1) is 9.93. The zero-order chi connectivity index (χ0) is 15.0. The van der Waals surface area contributed by atoms with E-state index in [-0.39, 0.29) is 12.3 Å². The van der Waals surface area contributed by atoms with Crippen molar-refractivity contribution in [2.75, 3.05) is 23.3 Å². The Balaban J connectivity index is 1.83. The molecule has 0 bridgehead atoms. The molecule has 2 aromatic rings. The molecule has 0 aromatic carbocycles. The summed E-state index contributed by atoms with van der Waals surface area (Å²) in [6.07, 6.45) is -2.71. The summed E-state index contributed by atoms with van der Waals surface area (Å²) >= 11 is 2.15. The molecule has 3 rings (SSSR count). The number of pyridine rings is 1. The largest absolute Gasteiger partial charge is 0.455 e. The molecule has 4 nitrogen and oxygen atoms in total. The summed E-state index contributed by atoms with van der Waals surface area (Å²) in [5.41, 5.74) is 0.873. The van der Waals surface area contributed by atoms with Crippen molar-refractivity contribution in [1.29, 1.82) is 0 Å². The van der Waals surface area contributed by atoms with E-state index in [9.17, 15) is 13.2 Å². The minimum absolute atomic E-state index is 0.284. The van der Waals surface area contributed by atoms with Crippen LogP contribution in [0.1, 0.15) is 11.5 Å². The van der Waals surface area contributed by atoms with Gasteiger partial charge in [0.25, 0.3) is 0 Å². The van der Waals surface area contributed by atoms with E-state index in [0.29, 0.717) is 13.1 Å². The van der Waals surface area contributed by atoms with Crippen LogP contribution in [0.5, 0.6) is 0 Å². The lowest BCUT2D eigenvalue weighted by Crippen LogP contribution is -2.33. The zero-order valence-corrected chi connectivity index (χ0v) is 12.9. The number of furan rings is 1. The van der Waals surface area contributed by atoms with Crippen molar-refractivity contribution in [3.8, 4) is 0 Å². The van der Waals surface area contributed by atoms with E-state index >= 15 is 0 Å². The normalized spacial score (nSPS) is 14.8. The molecule has 0 fully saturated rings. The summed E-state index contributed by atoms with van der Waals surface area (Å²) in [5, 5.41) is 3.17. The van der Waals surface area contributed by atoms with Crippen LogP contribution in [0, 0.1) is 3.57 Å². The van der Waals surface area contributed by atoms with Crippen molar-refractivity contribution in [3.63, 3.8) is 0 Å². The number of hydrogen-bond acceptors (Lipinski definition) is 4. The van der Waals surface area contributed by atoms with E-state index < -0.39 is 11.9 Å². The fourth-order valence-electron chi connectivity index (χ4n) is 2.20. The molecule has 0 saturated carbocycles. The Hall–Kier alpha value is -1.45. The fraction of sp³-hybridized carbons (Fsp3) is 0.308. The first-order valence-electron chi connectivity index (χ1n) is 6.24. The first-order valence-corrected chi connectivity index (χ1v) is 7.31. The van der Waals surface area contributed by atoms with Crippen LogP contribution in [0.15, 0.2) is 28.8 Å². The number of nitrogens with zero attached hydrogens (tertiary/aromatic N) is 2. The molecule has 0 aliphatic carbocycles. The smallest absolute Gasteiger partial charge is 0.449 e. The Morgan fingerprint density at radius 1 is 1.38 bits per heavy atom. The summed E-state index contributed by atoms with van der Waals surface area (Å²) in [7, 11) is 0. The Bertz CT molecular complexity index is 656. The number of fused-ring (bicyclic) bond motifs is 1. The number of hydrogen-bond donors (Lipinski definition) is 1. The van der Waals surface area contributed by atoms with Gasteiger partial charge in [0.1, 0.15) is 11.6 Å². The monoisotopic (exact) mass is 409 g/mol. The van der Waals surface area contributed by atoms with Crippen molar-refractivity contribution >= 4 is 34.1 Å². The fourth-order valence-corrected chi connectivity index (χ4v) is 2.64. The van der Waals surface area contributed by atoms with Gasteiger partial charge in [0, 0.05) is 22.9 Å². The topological polar surface area (TPSA) is 41.3 Å². The van der Waals surface area contributed by atoms with Gasteiger partial charge in [-0.1, -0.05) is 0 Å². The molecule has 0 unspecified atom stereocenters.